The molecule has 0 aliphatic carbocycles. The van der Waals surface area contributed by atoms with Crippen molar-refractivity contribution in [1.82, 2.24) is 19.6 Å². The summed E-state index contributed by atoms with van der Waals surface area (Å²) < 4.78 is 29.3. The molecule has 2 aromatic rings. The molecular weight excluding hydrogens is 484 g/mol. The molecule has 37 heavy (non-hydrogen) atoms. The van der Waals surface area contributed by atoms with Gasteiger partial charge in [-0.05, 0) is 54.5 Å². The highest BCUT2D eigenvalue weighted by Gasteiger charge is 2.51. The number of hydrazine groups is 1. The number of sulfonamides is 1. The average Bonchev–Trinajstić information content (AvgIpc) is 3.35. The SMILES string of the molecule is CCCN1NCCC1S(=O)(=O)N1C/C=C\CN2C(CO)[C@@H](c3ccc(-c4cccc(C)c4C)cc3)[C@@H]2C1. The number of rotatable bonds is 7. The second kappa shape index (κ2) is 11.0. The van der Waals surface area contributed by atoms with Gasteiger partial charge in [-0.25, -0.2) is 13.4 Å². The van der Waals surface area contributed by atoms with Crippen molar-refractivity contribution in [3.8, 4) is 11.1 Å². The third-order valence-corrected chi connectivity index (χ3v) is 10.7. The first-order valence-corrected chi connectivity index (χ1v) is 15.0. The van der Waals surface area contributed by atoms with Crippen LogP contribution in [-0.4, -0.2) is 84.5 Å². The molecule has 3 aliphatic heterocycles. The van der Waals surface area contributed by atoms with E-state index in [1.54, 1.807) is 4.31 Å². The Bertz CT molecular complexity index is 1230. The second-order valence-electron chi connectivity index (χ2n) is 10.6. The molecule has 2 aromatic carbocycles. The smallest absolute Gasteiger partial charge is 0.232 e. The Kier molecular flexibility index (Phi) is 7.86. The van der Waals surface area contributed by atoms with Crippen molar-refractivity contribution in [2.75, 3.05) is 39.3 Å². The van der Waals surface area contributed by atoms with Gasteiger partial charge in [-0.2, -0.15) is 4.31 Å². The largest absolute Gasteiger partial charge is 0.395 e. The second-order valence-corrected chi connectivity index (χ2v) is 12.7. The molecule has 0 bridgehead atoms. The zero-order valence-electron chi connectivity index (χ0n) is 22.2. The van der Waals surface area contributed by atoms with Crippen LogP contribution in [0, 0.1) is 13.8 Å². The minimum Gasteiger partial charge on any atom is -0.395 e. The van der Waals surface area contributed by atoms with Gasteiger partial charge in [0.1, 0.15) is 5.37 Å². The van der Waals surface area contributed by atoms with Crippen molar-refractivity contribution in [1.29, 1.82) is 0 Å². The topological polar surface area (TPSA) is 76.1 Å². The number of nitrogens with zero attached hydrogens (tertiary/aromatic N) is 3. The van der Waals surface area contributed by atoms with Crippen molar-refractivity contribution >= 4 is 10.0 Å². The molecule has 8 heteroatoms. The fraction of sp³-hybridized carbons (Fsp3) is 0.517. The zero-order valence-corrected chi connectivity index (χ0v) is 23.0. The standard InChI is InChI=1S/C29H40N4O3S/c1-4-16-33-28(14-15-30-33)37(35,36)31-17-5-6-18-32-26(19-31)29(27(32)20-34)24-12-10-23(11-13-24)25-9-7-8-21(2)22(25)3/h5-13,26-30,34H,4,14-20H2,1-3H3/b6-5-/t26-,27?,28?,29-/m0/s1. The molecule has 2 N–H and O–H groups in total. The maximum atomic E-state index is 13.8. The Morgan fingerprint density at radius 2 is 1.81 bits per heavy atom. The fourth-order valence-corrected chi connectivity index (χ4v) is 8.24. The van der Waals surface area contributed by atoms with Crippen molar-refractivity contribution in [3.05, 3.63) is 71.3 Å². The number of hydrogen-bond donors (Lipinski definition) is 2. The highest BCUT2D eigenvalue weighted by atomic mass is 32.2. The molecule has 0 amide bonds. The van der Waals surface area contributed by atoms with Gasteiger partial charge in [0, 0.05) is 50.7 Å². The van der Waals surface area contributed by atoms with Gasteiger partial charge in [-0.3, -0.25) is 10.3 Å². The van der Waals surface area contributed by atoms with Crippen LogP contribution in [-0.2, 0) is 10.0 Å². The lowest BCUT2D eigenvalue weighted by Crippen LogP contribution is -2.67. The molecule has 4 atom stereocenters. The number of aryl methyl sites for hydroxylation is 1. The van der Waals surface area contributed by atoms with Crippen molar-refractivity contribution in [2.45, 2.75) is 57.0 Å². The summed E-state index contributed by atoms with van der Waals surface area (Å²) in [6.07, 6.45) is 5.50. The highest BCUT2D eigenvalue weighted by molar-refractivity contribution is 7.89. The molecule has 2 saturated heterocycles. The Morgan fingerprint density at radius 3 is 2.54 bits per heavy atom. The van der Waals surface area contributed by atoms with Gasteiger partial charge in [-0.15, -0.1) is 0 Å². The normalized spacial score (nSPS) is 28.3. The van der Waals surface area contributed by atoms with Gasteiger partial charge in [0.15, 0.2) is 0 Å². The first kappa shape index (κ1) is 26.5. The van der Waals surface area contributed by atoms with Crippen LogP contribution in [0.25, 0.3) is 11.1 Å². The first-order chi connectivity index (χ1) is 17.9. The summed E-state index contributed by atoms with van der Waals surface area (Å²) in [6, 6.07) is 15.0. The molecule has 3 aliphatic rings. The third-order valence-electron chi connectivity index (χ3n) is 8.48. The van der Waals surface area contributed by atoms with Gasteiger partial charge in [0.05, 0.1) is 6.61 Å². The van der Waals surface area contributed by atoms with Crippen LogP contribution in [0.5, 0.6) is 0 Å². The summed E-state index contributed by atoms with van der Waals surface area (Å²) in [7, 11) is -3.52. The lowest BCUT2D eigenvalue weighted by atomic mass is 9.74. The van der Waals surface area contributed by atoms with Gasteiger partial charge < -0.3 is 5.11 Å². The van der Waals surface area contributed by atoms with E-state index in [2.05, 4.69) is 73.6 Å². The van der Waals surface area contributed by atoms with Crippen LogP contribution < -0.4 is 5.43 Å². The van der Waals surface area contributed by atoms with Crippen LogP contribution in [0.4, 0.5) is 0 Å². The van der Waals surface area contributed by atoms with Crippen molar-refractivity contribution < 1.29 is 13.5 Å². The molecule has 5 rings (SSSR count). The number of aliphatic hydroxyl groups excluding tert-OH is 1. The van der Waals surface area contributed by atoms with Gasteiger partial charge in [0.25, 0.3) is 0 Å². The lowest BCUT2D eigenvalue weighted by molar-refractivity contribution is -0.0417. The monoisotopic (exact) mass is 524 g/mol. The fourth-order valence-electron chi connectivity index (χ4n) is 6.33. The third kappa shape index (κ3) is 4.91. The molecule has 3 heterocycles. The van der Waals surface area contributed by atoms with E-state index < -0.39 is 15.4 Å². The molecular formula is C29H40N4O3S. The van der Waals surface area contributed by atoms with Crippen LogP contribution in [0.1, 0.15) is 42.4 Å². The van der Waals surface area contributed by atoms with Crippen LogP contribution in [0.15, 0.2) is 54.6 Å². The Balaban J connectivity index is 1.41. The Morgan fingerprint density at radius 1 is 1.05 bits per heavy atom. The van der Waals surface area contributed by atoms with E-state index in [4.69, 9.17) is 0 Å². The maximum Gasteiger partial charge on any atom is 0.232 e. The number of hydrogen-bond acceptors (Lipinski definition) is 6. The Labute approximate surface area is 221 Å². The predicted molar refractivity (Wildman–Crippen MR) is 148 cm³/mol. The lowest BCUT2D eigenvalue weighted by Gasteiger charge is -2.56. The van der Waals surface area contributed by atoms with E-state index in [9.17, 15) is 13.5 Å². The highest BCUT2D eigenvalue weighted by Crippen LogP contribution is 2.42. The molecule has 200 valence electrons. The summed E-state index contributed by atoms with van der Waals surface area (Å²) >= 11 is 0. The molecule has 0 radical (unpaired) electrons. The maximum absolute atomic E-state index is 13.8. The molecule has 2 unspecified atom stereocenters. The zero-order chi connectivity index (χ0) is 26.2. The average molecular weight is 525 g/mol. The van der Waals surface area contributed by atoms with Gasteiger partial charge in [0.2, 0.25) is 10.0 Å². The van der Waals surface area contributed by atoms with Crippen LogP contribution in [0.3, 0.4) is 0 Å². The molecule has 0 spiro atoms. The number of benzene rings is 2. The number of nitrogens with one attached hydrogen (secondary N) is 1. The van der Waals surface area contributed by atoms with Crippen molar-refractivity contribution in [2.24, 2.45) is 0 Å². The van der Waals surface area contributed by atoms with Crippen LogP contribution >= 0.6 is 0 Å². The van der Waals surface area contributed by atoms with E-state index in [1.165, 1.54) is 22.3 Å². The number of fused-ring (bicyclic) bond motifs is 1. The molecule has 0 aromatic heterocycles. The quantitative estimate of drug-likeness (QED) is 0.542. The predicted octanol–water partition coefficient (Wildman–Crippen LogP) is 3.25. The molecule has 7 nitrogen and oxygen atoms in total. The van der Waals surface area contributed by atoms with E-state index in [1.807, 2.05) is 17.2 Å². The minimum absolute atomic E-state index is 0.0198. The van der Waals surface area contributed by atoms with E-state index in [-0.39, 0.29) is 24.6 Å². The van der Waals surface area contributed by atoms with E-state index in [0.29, 0.717) is 32.6 Å². The summed E-state index contributed by atoms with van der Waals surface area (Å²) in [5.74, 6) is 0.0790. The summed E-state index contributed by atoms with van der Waals surface area (Å²) in [6.45, 7) is 9.37. The molecule has 0 saturated carbocycles. The number of aliphatic hydroxyl groups is 1. The van der Waals surface area contributed by atoms with Gasteiger partial charge >= 0.3 is 0 Å². The van der Waals surface area contributed by atoms with Crippen LogP contribution in [0.2, 0.25) is 0 Å². The van der Waals surface area contributed by atoms with Crippen molar-refractivity contribution in [3.63, 3.8) is 0 Å². The van der Waals surface area contributed by atoms with E-state index in [0.717, 1.165) is 18.5 Å². The first-order valence-electron chi connectivity index (χ1n) is 13.5. The van der Waals surface area contributed by atoms with E-state index >= 15 is 0 Å². The summed E-state index contributed by atoms with van der Waals surface area (Å²) in [5.41, 5.74) is 9.38. The van der Waals surface area contributed by atoms with Gasteiger partial charge in [-0.1, -0.05) is 61.5 Å². The summed E-state index contributed by atoms with van der Waals surface area (Å²) in [4.78, 5) is 2.26. The Hall–Kier alpha value is -2.07. The summed E-state index contributed by atoms with van der Waals surface area (Å²) in [5, 5.41) is 11.7. The minimum atomic E-state index is -3.52. The molecule has 2 fully saturated rings.